The highest BCUT2D eigenvalue weighted by Gasteiger charge is 2.35. The molecule has 0 saturated heterocycles. The Bertz CT molecular complexity index is 1240. The van der Waals surface area contributed by atoms with Crippen LogP contribution >= 0.6 is 7.60 Å². The number of nitrogens with two attached hydrogens (primary N) is 3. The van der Waals surface area contributed by atoms with Crippen molar-refractivity contribution in [3.05, 3.63) is 0 Å². The van der Waals surface area contributed by atoms with Crippen molar-refractivity contribution in [3.8, 4) is 0 Å². The summed E-state index contributed by atoms with van der Waals surface area (Å²) in [5.41, 5.74) is 0. The lowest BCUT2D eigenvalue weighted by Gasteiger charge is -2.31. The van der Waals surface area contributed by atoms with Gasteiger partial charge in [0.15, 0.2) is 0 Å². The van der Waals surface area contributed by atoms with Crippen LogP contribution < -0.4 is 39.0 Å². The van der Waals surface area contributed by atoms with E-state index in [9.17, 15) is 28.5 Å². The highest BCUT2D eigenvalue weighted by atomic mass is 31.2. The first-order chi connectivity index (χ1) is 30.5. The number of hydrogen-bond donors (Lipinski definition) is 7. The lowest BCUT2D eigenvalue weighted by atomic mass is 9.86. The summed E-state index contributed by atoms with van der Waals surface area (Å²) < 4.78 is 55.8. The number of carbonyl (C=O) groups is 5. The van der Waals surface area contributed by atoms with Crippen LogP contribution in [-0.2, 0) is 80.5 Å². The second kappa shape index (κ2) is 38.3. The quantitative estimate of drug-likeness (QED) is 0.0191. The van der Waals surface area contributed by atoms with Gasteiger partial charge in [0, 0.05) is 45.2 Å². The van der Waals surface area contributed by atoms with Gasteiger partial charge in [-0.05, 0) is 32.1 Å². The maximum atomic E-state index is 14.3. The highest BCUT2D eigenvalue weighted by molar-refractivity contribution is 7.53. The molecule has 368 valence electrons. The zero-order valence-corrected chi connectivity index (χ0v) is 37.8. The molecule has 2 atom stereocenters. The average molecular weight is 933 g/mol. The van der Waals surface area contributed by atoms with Crippen molar-refractivity contribution in [1.82, 2.24) is 26.2 Å². The van der Waals surface area contributed by atoms with E-state index in [-0.39, 0.29) is 117 Å². The molecule has 0 aromatic carbocycles. The van der Waals surface area contributed by atoms with Crippen LogP contribution in [0.15, 0.2) is 0 Å². The third-order valence-corrected chi connectivity index (χ3v) is 11.1. The molecule has 0 aromatic rings. The van der Waals surface area contributed by atoms with Gasteiger partial charge < -0.3 is 78.1 Å². The predicted octanol–water partition coefficient (Wildman–Crippen LogP) is -2.37. The number of hydrogen-bond acceptors (Lipinski definition) is 20. The molecule has 63 heavy (non-hydrogen) atoms. The standard InChI is InChI=1S/C37H73N8O17P/c1-3-63(51,52-2)62-31-6-4-30(5-7-31)36(49)44-32(8-9-33(46)41-10-13-53-16-19-56-22-25-59-38)37(50)45(28-34(47)42-11-14-54-17-20-57-23-26-60-39)29-35(48)43-12-15-55-18-21-58-24-27-61-40/h30-32H,3-29,38-40H2,1-2H3,(H,41,46)(H,42,47)(H,43,48)(H,44,49). The first-order valence-electron chi connectivity index (χ1n) is 21.2. The molecule has 1 aliphatic carbocycles. The monoisotopic (exact) mass is 932 g/mol. The van der Waals surface area contributed by atoms with Gasteiger partial charge in [-0.2, -0.15) is 0 Å². The first-order valence-corrected chi connectivity index (χ1v) is 22.9. The average Bonchev–Trinajstić information content (AvgIpc) is 3.28. The van der Waals surface area contributed by atoms with E-state index < -0.39 is 62.2 Å². The largest absolute Gasteiger partial charge is 0.377 e. The fourth-order valence-electron chi connectivity index (χ4n) is 5.78. The van der Waals surface area contributed by atoms with E-state index in [1.807, 2.05) is 0 Å². The Balaban J connectivity index is 3.02. The number of nitrogens with zero attached hydrogens (tertiary/aromatic N) is 1. The summed E-state index contributed by atoms with van der Waals surface area (Å²) in [5.74, 6) is 11.5. The second-order valence-corrected chi connectivity index (χ2v) is 16.2. The summed E-state index contributed by atoms with van der Waals surface area (Å²) in [7, 11) is -1.92. The van der Waals surface area contributed by atoms with Crippen molar-refractivity contribution in [2.75, 3.05) is 145 Å². The predicted molar refractivity (Wildman–Crippen MR) is 224 cm³/mol. The second-order valence-electron chi connectivity index (χ2n) is 13.8. The van der Waals surface area contributed by atoms with Gasteiger partial charge in [-0.1, -0.05) is 6.92 Å². The van der Waals surface area contributed by atoms with E-state index >= 15 is 0 Å². The number of ether oxygens (including phenoxy) is 6. The molecule has 0 radical (unpaired) electrons. The van der Waals surface area contributed by atoms with Crippen molar-refractivity contribution in [2.45, 2.75) is 57.6 Å². The van der Waals surface area contributed by atoms with E-state index in [4.69, 9.17) is 55.2 Å². The summed E-state index contributed by atoms with van der Waals surface area (Å²) in [4.78, 5) is 81.5. The van der Waals surface area contributed by atoms with Gasteiger partial charge >= 0.3 is 7.60 Å². The number of carbonyl (C=O) groups excluding carboxylic acids is 5. The maximum absolute atomic E-state index is 14.3. The molecular formula is C37H73N8O17P. The van der Waals surface area contributed by atoms with Crippen LogP contribution in [0, 0.1) is 5.92 Å². The molecule has 0 heterocycles. The zero-order valence-electron chi connectivity index (χ0n) is 36.9. The lowest BCUT2D eigenvalue weighted by molar-refractivity contribution is -0.143. The smallest absolute Gasteiger partial charge is 0.330 e. The van der Waals surface area contributed by atoms with Crippen LogP contribution in [0.25, 0.3) is 0 Å². The number of rotatable bonds is 41. The minimum absolute atomic E-state index is 0.0874. The molecule has 10 N–H and O–H groups in total. The van der Waals surface area contributed by atoms with E-state index in [2.05, 4.69) is 35.8 Å². The van der Waals surface area contributed by atoms with E-state index in [1.165, 1.54) is 7.11 Å². The summed E-state index contributed by atoms with van der Waals surface area (Å²) in [5, 5.41) is 10.8. The molecule has 5 amide bonds. The normalized spacial score (nSPS) is 16.5. The van der Waals surface area contributed by atoms with E-state index in [0.717, 1.165) is 4.90 Å². The fraction of sp³-hybridized carbons (Fsp3) is 0.865. The third kappa shape index (κ3) is 30.0. The molecular weight excluding hydrogens is 859 g/mol. The van der Waals surface area contributed by atoms with Crippen LogP contribution in [0.5, 0.6) is 0 Å². The number of amides is 5. The van der Waals surface area contributed by atoms with Crippen LogP contribution in [0.2, 0.25) is 0 Å². The van der Waals surface area contributed by atoms with Gasteiger partial charge in [-0.3, -0.25) is 28.5 Å². The molecule has 1 aliphatic rings. The van der Waals surface area contributed by atoms with Crippen molar-refractivity contribution >= 4 is 37.1 Å². The summed E-state index contributed by atoms with van der Waals surface area (Å²) in [6.07, 6.45) is 1.09. The molecule has 0 aromatic heterocycles. The molecule has 2 unspecified atom stereocenters. The summed E-state index contributed by atoms with van der Waals surface area (Å²) in [6.45, 7) is 4.63. The minimum Gasteiger partial charge on any atom is -0.377 e. The van der Waals surface area contributed by atoms with Crippen molar-refractivity contribution in [1.29, 1.82) is 0 Å². The van der Waals surface area contributed by atoms with E-state index in [1.54, 1.807) is 6.92 Å². The highest BCUT2D eigenvalue weighted by Crippen LogP contribution is 2.50. The van der Waals surface area contributed by atoms with Gasteiger partial charge in [-0.25, -0.2) is 17.7 Å². The maximum Gasteiger partial charge on any atom is 0.330 e. The Morgan fingerprint density at radius 3 is 1.40 bits per heavy atom. The Morgan fingerprint density at radius 2 is 1.00 bits per heavy atom. The number of nitrogens with one attached hydrogen (secondary N) is 4. The fourth-order valence-corrected chi connectivity index (χ4v) is 6.94. The molecule has 1 fully saturated rings. The Labute approximate surface area is 369 Å². The molecule has 0 bridgehead atoms. The minimum atomic E-state index is -3.25. The SMILES string of the molecule is CCP(=O)(OC)OC1CCC(C(=O)NC(CCC(=O)NCCOCCOCCON)C(=O)N(CC(=O)NCCOCCOCCON)CC(=O)NCCOCCOCCON)CC1. The molecule has 1 saturated carbocycles. The molecule has 0 aliphatic heterocycles. The van der Waals surface area contributed by atoms with Gasteiger partial charge in [0.2, 0.25) is 29.5 Å². The summed E-state index contributed by atoms with van der Waals surface area (Å²) in [6, 6.07) is -1.29. The molecule has 26 heteroatoms. The van der Waals surface area contributed by atoms with Crippen LogP contribution in [0.4, 0.5) is 0 Å². The first kappa shape index (κ1) is 58.0. The van der Waals surface area contributed by atoms with Crippen LogP contribution in [0.1, 0.15) is 45.4 Å². The Kier molecular flexibility index (Phi) is 35.3. The van der Waals surface area contributed by atoms with Gasteiger partial charge in [-0.15, -0.1) is 0 Å². The summed E-state index contributed by atoms with van der Waals surface area (Å²) >= 11 is 0. The molecule has 25 nitrogen and oxygen atoms in total. The Morgan fingerprint density at radius 1 is 0.603 bits per heavy atom. The van der Waals surface area contributed by atoms with Gasteiger partial charge in [0.05, 0.1) is 105 Å². The van der Waals surface area contributed by atoms with Gasteiger partial charge in [0.1, 0.15) is 19.1 Å². The Hall–Kier alpha value is -2.98. The lowest BCUT2D eigenvalue weighted by Crippen LogP contribution is -2.54. The third-order valence-electron chi connectivity index (χ3n) is 9.13. The van der Waals surface area contributed by atoms with Crippen LogP contribution in [0.3, 0.4) is 0 Å². The topological polar surface area (TPSA) is 333 Å². The zero-order chi connectivity index (χ0) is 46.4. The molecule has 1 rings (SSSR count). The molecule has 0 spiro atoms. The van der Waals surface area contributed by atoms with Crippen molar-refractivity contribution in [2.24, 2.45) is 23.6 Å². The van der Waals surface area contributed by atoms with Crippen molar-refractivity contribution < 1.29 is 80.5 Å². The van der Waals surface area contributed by atoms with Crippen LogP contribution in [-0.4, -0.2) is 192 Å². The van der Waals surface area contributed by atoms with Crippen molar-refractivity contribution in [3.63, 3.8) is 0 Å². The van der Waals surface area contributed by atoms with Gasteiger partial charge in [0.25, 0.3) is 0 Å². The van der Waals surface area contributed by atoms with E-state index in [0.29, 0.717) is 52.1 Å².